The Morgan fingerprint density at radius 3 is 2.74 bits per heavy atom. The van der Waals surface area contributed by atoms with E-state index in [1.54, 1.807) is 23.0 Å². The highest BCUT2D eigenvalue weighted by Crippen LogP contribution is 2.31. The maximum atomic E-state index is 13.2. The van der Waals surface area contributed by atoms with E-state index in [2.05, 4.69) is 26.4 Å². The van der Waals surface area contributed by atoms with Crippen LogP contribution in [0.25, 0.3) is 16.8 Å². The van der Waals surface area contributed by atoms with Crippen LogP contribution in [0.1, 0.15) is 29.8 Å². The van der Waals surface area contributed by atoms with Crippen molar-refractivity contribution in [2.45, 2.75) is 19.3 Å². The third kappa shape index (κ3) is 4.62. The molecule has 2 aromatic heterocycles. The molecule has 0 atom stereocenters. The minimum atomic E-state index is -0.258. The Balaban J connectivity index is 1.38. The van der Waals surface area contributed by atoms with E-state index in [9.17, 15) is 4.79 Å². The fourth-order valence-electron chi connectivity index (χ4n) is 4.59. The number of carbonyl (C=O) groups is 1. The topological polar surface area (TPSA) is 88.5 Å². The molecule has 0 radical (unpaired) electrons. The van der Waals surface area contributed by atoms with E-state index >= 15 is 0 Å². The number of carbonyl (C=O) groups excluding carboxylic acids is 1. The van der Waals surface area contributed by atoms with Gasteiger partial charge in [0.2, 0.25) is 0 Å². The summed E-state index contributed by atoms with van der Waals surface area (Å²) in [6, 6.07) is 17.1. The molecule has 1 aliphatic heterocycles. The molecule has 3 heterocycles. The number of benzene rings is 2. The van der Waals surface area contributed by atoms with Crippen molar-refractivity contribution in [1.82, 2.24) is 14.6 Å². The average Bonchev–Trinajstić information content (AvgIpc) is 3.28. The van der Waals surface area contributed by atoms with E-state index in [0.29, 0.717) is 22.3 Å². The first-order valence-corrected chi connectivity index (χ1v) is 12.0. The molecule has 34 heavy (non-hydrogen) atoms. The van der Waals surface area contributed by atoms with E-state index in [4.69, 9.17) is 17.3 Å². The van der Waals surface area contributed by atoms with E-state index in [1.165, 1.54) is 0 Å². The van der Waals surface area contributed by atoms with Gasteiger partial charge < -0.3 is 16.0 Å². The van der Waals surface area contributed by atoms with Crippen molar-refractivity contribution < 1.29 is 4.79 Å². The highest BCUT2D eigenvalue weighted by Gasteiger charge is 2.21. The smallest absolute Gasteiger partial charge is 0.274 e. The Labute approximate surface area is 203 Å². The van der Waals surface area contributed by atoms with Crippen molar-refractivity contribution in [3.8, 4) is 11.1 Å². The predicted octanol–water partition coefficient (Wildman–Crippen LogP) is 4.87. The fraction of sp³-hybridized carbons (Fsp3) is 0.269. The summed E-state index contributed by atoms with van der Waals surface area (Å²) in [4.78, 5) is 20.2. The maximum Gasteiger partial charge on any atom is 0.274 e. The van der Waals surface area contributed by atoms with Crippen LogP contribution in [0.5, 0.6) is 0 Å². The van der Waals surface area contributed by atoms with Crippen LogP contribution < -0.4 is 16.0 Å². The summed E-state index contributed by atoms with van der Waals surface area (Å²) in [5, 5.41) is 8.07. The number of nitrogens with zero attached hydrogens (tertiary/aromatic N) is 4. The van der Waals surface area contributed by atoms with Gasteiger partial charge in [-0.2, -0.15) is 5.10 Å². The molecule has 8 heteroatoms. The van der Waals surface area contributed by atoms with E-state index in [0.717, 1.165) is 61.4 Å². The molecule has 3 N–H and O–H groups in total. The van der Waals surface area contributed by atoms with Gasteiger partial charge in [-0.3, -0.25) is 4.79 Å². The lowest BCUT2D eigenvalue weighted by molar-refractivity contribution is 0.102. The SMILES string of the molecule is NCCC1CCN(c2ccccc2NC(=O)c2ccn3ncc(-c4cccc(Cl)c4)c3n2)CC1. The molecule has 174 valence electrons. The Hall–Kier alpha value is -3.42. The quantitative estimate of drug-likeness (QED) is 0.416. The molecule has 1 fully saturated rings. The highest BCUT2D eigenvalue weighted by atomic mass is 35.5. The Morgan fingerprint density at radius 2 is 1.94 bits per heavy atom. The molecular formula is C26H27ClN6O. The normalized spacial score (nSPS) is 14.5. The molecule has 1 saturated heterocycles. The Kier molecular flexibility index (Phi) is 6.47. The first-order chi connectivity index (χ1) is 16.6. The molecule has 0 unspecified atom stereocenters. The van der Waals surface area contributed by atoms with Crippen molar-refractivity contribution in [3.63, 3.8) is 0 Å². The van der Waals surface area contributed by atoms with Gasteiger partial charge in [0.1, 0.15) is 5.69 Å². The molecule has 1 aliphatic rings. The van der Waals surface area contributed by atoms with Crippen LogP contribution in [0.4, 0.5) is 11.4 Å². The van der Waals surface area contributed by atoms with Gasteiger partial charge >= 0.3 is 0 Å². The molecule has 1 amide bonds. The van der Waals surface area contributed by atoms with Crippen molar-refractivity contribution >= 4 is 34.5 Å². The summed E-state index contributed by atoms with van der Waals surface area (Å²) in [5.74, 6) is 0.425. The minimum Gasteiger partial charge on any atom is -0.370 e. The molecular weight excluding hydrogens is 448 g/mol. The van der Waals surface area contributed by atoms with Gasteiger partial charge in [0.05, 0.1) is 17.6 Å². The molecule has 0 bridgehead atoms. The molecule has 4 aromatic rings. The highest BCUT2D eigenvalue weighted by molar-refractivity contribution is 6.30. The van der Waals surface area contributed by atoms with Crippen LogP contribution in [0.15, 0.2) is 67.0 Å². The second kappa shape index (κ2) is 9.83. The fourth-order valence-corrected chi connectivity index (χ4v) is 4.78. The summed E-state index contributed by atoms with van der Waals surface area (Å²) in [6.45, 7) is 2.66. The molecule has 5 rings (SSSR count). The summed E-state index contributed by atoms with van der Waals surface area (Å²) >= 11 is 6.17. The van der Waals surface area contributed by atoms with Crippen molar-refractivity contribution in [2.24, 2.45) is 11.7 Å². The second-order valence-electron chi connectivity index (χ2n) is 8.63. The number of rotatable bonds is 6. The van der Waals surface area contributed by atoms with Crippen molar-refractivity contribution in [1.29, 1.82) is 0 Å². The number of anilines is 2. The number of fused-ring (bicyclic) bond motifs is 1. The van der Waals surface area contributed by atoms with Gasteiger partial charge in [-0.15, -0.1) is 0 Å². The first-order valence-electron chi connectivity index (χ1n) is 11.6. The van der Waals surface area contributed by atoms with Gasteiger partial charge in [-0.1, -0.05) is 35.9 Å². The van der Waals surface area contributed by atoms with Gasteiger partial charge in [-0.25, -0.2) is 9.50 Å². The third-order valence-corrected chi connectivity index (χ3v) is 6.65. The lowest BCUT2D eigenvalue weighted by Gasteiger charge is -2.34. The Bertz CT molecular complexity index is 1310. The van der Waals surface area contributed by atoms with Crippen LogP contribution in [0.3, 0.4) is 0 Å². The minimum absolute atomic E-state index is 0.258. The lowest BCUT2D eigenvalue weighted by Crippen LogP contribution is -2.35. The average molecular weight is 475 g/mol. The number of piperidine rings is 1. The van der Waals surface area contributed by atoms with Crippen LogP contribution in [0, 0.1) is 5.92 Å². The standard InChI is InChI=1S/C26H27ClN6O/c27-20-5-3-4-19(16-20)21-17-29-33-15-11-23(30-25(21)33)26(34)31-22-6-1-2-7-24(22)32-13-9-18(8-12-28)10-14-32/h1-7,11,15-18H,8-10,12-14,28H2,(H,31,34). The number of para-hydroxylation sites is 2. The van der Waals surface area contributed by atoms with Crippen LogP contribution in [0.2, 0.25) is 5.02 Å². The van der Waals surface area contributed by atoms with Gasteiger partial charge in [0.15, 0.2) is 5.65 Å². The number of aromatic nitrogens is 3. The number of nitrogens with one attached hydrogen (secondary N) is 1. The second-order valence-corrected chi connectivity index (χ2v) is 9.07. The van der Waals surface area contributed by atoms with Gasteiger partial charge in [-0.05, 0) is 67.6 Å². The van der Waals surface area contributed by atoms with Crippen LogP contribution >= 0.6 is 11.6 Å². The number of amides is 1. The van der Waals surface area contributed by atoms with E-state index in [1.807, 2.05) is 42.5 Å². The van der Waals surface area contributed by atoms with Crippen molar-refractivity contribution in [3.05, 3.63) is 77.7 Å². The zero-order chi connectivity index (χ0) is 23.5. The number of hydrogen-bond acceptors (Lipinski definition) is 5. The summed E-state index contributed by atoms with van der Waals surface area (Å²) < 4.78 is 1.66. The van der Waals surface area contributed by atoms with Gasteiger partial charge in [0, 0.05) is 29.9 Å². The summed E-state index contributed by atoms with van der Waals surface area (Å²) in [5.41, 5.74) is 10.2. The maximum absolute atomic E-state index is 13.2. The van der Waals surface area contributed by atoms with Crippen LogP contribution in [-0.4, -0.2) is 40.1 Å². The molecule has 7 nitrogen and oxygen atoms in total. The molecule has 2 aromatic carbocycles. The number of nitrogens with two attached hydrogens (primary N) is 1. The molecule has 0 saturated carbocycles. The predicted molar refractivity (Wildman–Crippen MR) is 136 cm³/mol. The number of halogens is 1. The third-order valence-electron chi connectivity index (χ3n) is 6.42. The Morgan fingerprint density at radius 1 is 1.12 bits per heavy atom. The van der Waals surface area contributed by atoms with E-state index in [-0.39, 0.29) is 5.91 Å². The van der Waals surface area contributed by atoms with Crippen LogP contribution in [-0.2, 0) is 0 Å². The first kappa shape index (κ1) is 22.4. The summed E-state index contributed by atoms with van der Waals surface area (Å²) in [7, 11) is 0. The monoisotopic (exact) mass is 474 g/mol. The van der Waals surface area contributed by atoms with Crippen molar-refractivity contribution in [2.75, 3.05) is 29.9 Å². The lowest BCUT2D eigenvalue weighted by atomic mass is 9.93. The molecule has 0 spiro atoms. The summed E-state index contributed by atoms with van der Waals surface area (Å²) in [6.07, 6.45) is 6.79. The van der Waals surface area contributed by atoms with E-state index < -0.39 is 0 Å². The molecule has 0 aliphatic carbocycles. The zero-order valence-corrected chi connectivity index (χ0v) is 19.6. The largest absolute Gasteiger partial charge is 0.370 e. The van der Waals surface area contributed by atoms with Gasteiger partial charge in [0.25, 0.3) is 5.91 Å². The zero-order valence-electron chi connectivity index (χ0n) is 18.8. The number of hydrogen-bond donors (Lipinski definition) is 2.